The Morgan fingerprint density at radius 3 is 2.50 bits per heavy atom. The first-order valence-corrected chi connectivity index (χ1v) is 5.38. The van der Waals surface area contributed by atoms with E-state index < -0.39 is 38.8 Å². The minimum absolute atomic E-state index is 0.551. The molecule has 0 aromatic carbocycles. The molecule has 1 heterocycles. The lowest BCUT2D eigenvalue weighted by Crippen LogP contribution is -2.46. The summed E-state index contributed by atoms with van der Waals surface area (Å²) in [7, 11) is -4.09. The molecular weight excluding hydrogens is 210 g/mol. The Kier molecular flexibility index (Phi) is 2.47. The molecule has 1 unspecified atom stereocenters. The van der Waals surface area contributed by atoms with E-state index in [2.05, 4.69) is 6.58 Å². The van der Waals surface area contributed by atoms with Crippen molar-refractivity contribution in [3.63, 3.8) is 0 Å². The van der Waals surface area contributed by atoms with Crippen molar-refractivity contribution < 1.29 is 23.1 Å². The SMILES string of the molecule is C=CCS(=O)(=O)C1(O)CC(=O)NC1=O. The van der Waals surface area contributed by atoms with Gasteiger partial charge in [-0.3, -0.25) is 14.9 Å². The van der Waals surface area contributed by atoms with Crippen molar-refractivity contribution in [1.29, 1.82) is 0 Å². The van der Waals surface area contributed by atoms with E-state index in [1.165, 1.54) is 0 Å². The Bertz CT molecular complexity index is 398. The molecule has 1 aliphatic heterocycles. The Morgan fingerprint density at radius 1 is 1.57 bits per heavy atom. The van der Waals surface area contributed by atoms with Crippen molar-refractivity contribution in [2.24, 2.45) is 0 Å². The summed E-state index contributed by atoms with van der Waals surface area (Å²) < 4.78 is 22.8. The second kappa shape index (κ2) is 3.18. The van der Waals surface area contributed by atoms with Crippen molar-refractivity contribution >= 4 is 21.7 Å². The Labute approximate surface area is 80.5 Å². The summed E-state index contributed by atoms with van der Waals surface area (Å²) in [5.41, 5.74) is 0. The molecule has 1 fully saturated rings. The van der Waals surface area contributed by atoms with Gasteiger partial charge in [0.1, 0.15) is 0 Å². The summed E-state index contributed by atoms with van der Waals surface area (Å²) in [6.07, 6.45) is 0.297. The van der Waals surface area contributed by atoms with Gasteiger partial charge in [0.15, 0.2) is 9.84 Å². The topological polar surface area (TPSA) is 101 Å². The van der Waals surface area contributed by atoms with Crippen LogP contribution in [0.1, 0.15) is 6.42 Å². The third-order valence-corrected chi connectivity index (χ3v) is 3.89. The maximum Gasteiger partial charge on any atom is 0.275 e. The van der Waals surface area contributed by atoms with Crippen LogP contribution in [-0.2, 0) is 19.4 Å². The predicted octanol–water partition coefficient (Wildman–Crippen LogP) is -1.68. The number of hydrogen-bond donors (Lipinski definition) is 2. The van der Waals surface area contributed by atoms with E-state index in [-0.39, 0.29) is 0 Å². The van der Waals surface area contributed by atoms with Crippen LogP contribution in [0, 0.1) is 0 Å². The van der Waals surface area contributed by atoms with E-state index in [1.54, 1.807) is 5.32 Å². The van der Waals surface area contributed by atoms with Gasteiger partial charge in [0, 0.05) is 0 Å². The Morgan fingerprint density at radius 2 is 2.14 bits per heavy atom. The fourth-order valence-corrected chi connectivity index (χ4v) is 2.38. The first-order valence-electron chi connectivity index (χ1n) is 3.73. The molecule has 1 rings (SSSR count). The molecule has 0 saturated carbocycles. The molecule has 6 nitrogen and oxygen atoms in total. The number of hydrogen-bond acceptors (Lipinski definition) is 5. The monoisotopic (exact) mass is 219 g/mol. The summed E-state index contributed by atoms with van der Waals surface area (Å²) in [5, 5.41) is 11.3. The van der Waals surface area contributed by atoms with Crippen LogP contribution < -0.4 is 5.32 Å². The maximum absolute atomic E-state index is 11.4. The average Bonchev–Trinajstić information content (AvgIpc) is 2.27. The van der Waals surface area contributed by atoms with Gasteiger partial charge in [-0.05, 0) is 0 Å². The van der Waals surface area contributed by atoms with Gasteiger partial charge in [-0.2, -0.15) is 0 Å². The third-order valence-electron chi connectivity index (χ3n) is 1.86. The molecule has 14 heavy (non-hydrogen) atoms. The van der Waals surface area contributed by atoms with E-state index in [4.69, 9.17) is 0 Å². The highest BCUT2D eigenvalue weighted by atomic mass is 32.2. The molecule has 0 radical (unpaired) electrons. The molecule has 0 aromatic heterocycles. The van der Waals surface area contributed by atoms with Gasteiger partial charge in [0.2, 0.25) is 5.91 Å². The molecule has 2 N–H and O–H groups in total. The molecule has 0 spiro atoms. The second-order valence-electron chi connectivity index (χ2n) is 2.91. The predicted molar refractivity (Wildman–Crippen MR) is 46.7 cm³/mol. The zero-order valence-corrected chi connectivity index (χ0v) is 8.00. The highest BCUT2D eigenvalue weighted by Gasteiger charge is 2.54. The fourth-order valence-electron chi connectivity index (χ4n) is 1.11. The number of amides is 2. The van der Waals surface area contributed by atoms with Gasteiger partial charge in [-0.1, -0.05) is 6.08 Å². The zero-order chi connectivity index (χ0) is 11.0. The fraction of sp³-hybridized carbons (Fsp3) is 0.429. The lowest BCUT2D eigenvalue weighted by Gasteiger charge is -2.17. The summed E-state index contributed by atoms with van der Waals surface area (Å²) in [6.45, 7) is 3.19. The van der Waals surface area contributed by atoms with Crippen molar-refractivity contribution in [1.82, 2.24) is 5.32 Å². The van der Waals surface area contributed by atoms with E-state index in [1.807, 2.05) is 0 Å². The molecule has 2 amide bonds. The standard InChI is InChI=1S/C7H9NO5S/c1-2-3-14(12,13)7(11)4-5(9)8-6(7)10/h2,11H,1,3-4H2,(H,8,9,10). The van der Waals surface area contributed by atoms with Crippen LogP contribution in [0.4, 0.5) is 0 Å². The van der Waals surface area contributed by atoms with Crippen LogP contribution in [0.25, 0.3) is 0 Å². The first-order chi connectivity index (χ1) is 6.33. The number of carbonyl (C=O) groups is 2. The van der Waals surface area contributed by atoms with Gasteiger partial charge in [-0.25, -0.2) is 8.42 Å². The molecule has 7 heteroatoms. The van der Waals surface area contributed by atoms with E-state index in [0.29, 0.717) is 0 Å². The minimum Gasteiger partial charge on any atom is -0.367 e. The molecule has 0 aromatic rings. The summed E-state index contributed by atoms with van der Waals surface area (Å²) >= 11 is 0. The molecule has 1 saturated heterocycles. The normalized spacial score (nSPS) is 27.5. The first kappa shape index (κ1) is 10.9. The van der Waals surface area contributed by atoms with Crippen LogP contribution >= 0.6 is 0 Å². The number of nitrogens with one attached hydrogen (secondary N) is 1. The van der Waals surface area contributed by atoms with Crippen LogP contribution in [0.15, 0.2) is 12.7 Å². The van der Waals surface area contributed by atoms with Gasteiger partial charge in [0.05, 0.1) is 12.2 Å². The van der Waals surface area contributed by atoms with Crippen molar-refractivity contribution in [2.75, 3.05) is 5.75 Å². The van der Waals surface area contributed by atoms with E-state index in [9.17, 15) is 23.1 Å². The Hall–Kier alpha value is -1.21. The smallest absolute Gasteiger partial charge is 0.275 e. The van der Waals surface area contributed by atoms with E-state index in [0.717, 1.165) is 6.08 Å². The van der Waals surface area contributed by atoms with Crippen molar-refractivity contribution in [3.05, 3.63) is 12.7 Å². The zero-order valence-electron chi connectivity index (χ0n) is 7.19. The summed E-state index contributed by atoms with van der Waals surface area (Å²) in [4.78, 5) is 19.1. The lowest BCUT2D eigenvalue weighted by molar-refractivity contribution is -0.129. The number of carbonyl (C=O) groups excluding carboxylic acids is 2. The molecule has 1 atom stereocenters. The van der Waals surface area contributed by atoms with Crippen LogP contribution in [0.3, 0.4) is 0 Å². The summed E-state index contributed by atoms with van der Waals surface area (Å²) in [6, 6.07) is 0. The number of rotatable bonds is 3. The second-order valence-corrected chi connectivity index (χ2v) is 5.15. The number of aliphatic hydroxyl groups is 1. The van der Waals surface area contributed by atoms with Gasteiger partial charge >= 0.3 is 0 Å². The minimum atomic E-state index is -4.09. The van der Waals surface area contributed by atoms with Crippen molar-refractivity contribution in [3.8, 4) is 0 Å². The quantitative estimate of drug-likeness (QED) is 0.436. The van der Waals surface area contributed by atoms with Gasteiger partial charge < -0.3 is 5.11 Å². The van der Waals surface area contributed by atoms with Crippen LogP contribution in [0.5, 0.6) is 0 Å². The van der Waals surface area contributed by atoms with Crippen LogP contribution in [-0.4, -0.2) is 36.0 Å². The lowest BCUT2D eigenvalue weighted by atomic mass is 10.3. The van der Waals surface area contributed by atoms with Crippen molar-refractivity contribution in [2.45, 2.75) is 11.4 Å². The largest absolute Gasteiger partial charge is 0.367 e. The highest BCUT2D eigenvalue weighted by molar-refractivity contribution is 7.93. The molecule has 78 valence electrons. The third kappa shape index (κ3) is 1.44. The molecular formula is C7H9NO5S. The highest BCUT2D eigenvalue weighted by Crippen LogP contribution is 2.24. The van der Waals surface area contributed by atoms with E-state index >= 15 is 0 Å². The maximum atomic E-state index is 11.4. The van der Waals surface area contributed by atoms with Gasteiger partial charge in [-0.15, -0.1) is 6.58 Å². The average molecular weight is 219 g/mol. The Balaban J connectivity index is 3.13. The number of sulfone groups is 1. The summed E-state index contributed by atoms with van der Waals surface area (Å²) in [5.74, 6) is -2.54. The molecule has 0 bridgehead atoms. The molecule has 0 aliphatic carbocycles. The van der Waals surface area contributed by atoms with Gasteiger partial charge in [0.25, 0.3) is 10.8 Å². The molecule has 1 aliphatic rings. The number of imide groups is 1. The van der Waals surface area contributed by atoms with Crippen LogP contribution in [0.2, 0.25) is 0 Å².